The summed E-state index contributed by atoms with van der Waals surface area (Å²) in [7, 11) is 1.81. The second kappa shape index (κ2) is 6.50. The number of anilines is 1. The van der Waals surface area contributed by atoms with Crippen molar-refractivity contribution >= 4 is 18.3 Å². The van der Waals surface area contributed by atoms with Crippen LogP contribution in [0.3, 0.4) is 0 Å². The van der Waals surface area contributed by atoms with Crippen LogP contribution >= 0.6 is 0 Å². The number of likely N-dealkylation sites (tertiary alicyclic amines) is 1. The van der Waals surface area contributed by atoms with Gasteiger partial charge in [-0.05, 0) is 36.8 Å². The molecule has 3 rings (SSSR count). The summed E-state index contributed by atoms with van der Waals surface area (Å²) in [5.41, 5.74) is 3.34. The Bertz CT molecular complexity index is 641. The van der Waals surface area contributed by atoms with Gasteiger partial charge in [-0.25, -0.2) is 5.26 Å². The quantitative estimate of drug-likeness (QED) is 0.789. The van der Waals surface area contributed by atoms with Crippen LogP contribution in [0.2, 0.25) is 12.6 Å². The van der Waals surface area contributed by atoms with E-state index in [9.17, 15) is 4.79 Å². The van der Waals surface area contributed by atoms with Crippen molar-refractivity contribution in [2.24, 2.45) is 0 Å². The molecule has 0 aliphatic carbocycles. The topological polar surface area (TPSA) is 47.3 Å². The van der Waals surface area contributed by atoms with Crippen LogP contribution in [-0.2, 0) is 4.79 Å². The number of allylic oxidation sites excluding steroid dienone is 1. The van der Waals surface area contributed by atoms with Crippen LogP contribution in [0.4, 0.5) is 5.69 Å². The molecule has 2 saturated heterocycles. The molecule has 118 valence electrons. The summed E-state index contributed by atoms with van der Waals surface area (Å²) in [6.07, 6.45) is 3.33. The first kappa shape index (κ1) is 15.7. The van der Waals surface area contributed by atoms with Crippen LogP contribution < -0.4 is 4.90 Å². The average Bonchev–Trinajstić information content (AvgIpc) is 2.60. The second-order valence-corrected chi connectivity index (χ2v) is 6.52. The summed E-state index contributed by atoms with van der Waals surface area (Å²) in [6.45, 7) is 6.21. The highest BCUT2D eigenvalue weighted by Crippen LogP contribution is 2.35. The molecule has 2 aliphatic heterocycles. The maximum atomic E-state index is 11.7. The van der Waals surface area contributed by atoms with Gasteiger partial charge in [0.2, 0.25) is 5.91 Å². The molecule has 1 amide bonds. The molecule has 2 fully saturated rings. The van der Waals surface area contributed by atoms with Crippen LogP contribution in [0, 0.1) is 11.2 Å². The highest BCUT2D eigenvalue weighted by atomic mass is 16.2. The van der Waals surface area contributed by atoms with Gasteiger partial charge in [0.05, 0.1) is 0 Å². The monoisotopic (exact) mass is 307 g/mol. The van der Waals surface area contributed by atoms with E-state index < -0.39 is 0 Å². The summed E-state index contributed by atoms with van der Waals surface area (Å²) < 4.78 is 0. The zero-order valence-corrected chi connectivity index (χ0v) is 13.7. The van der Waals surface area contributed by atoms with Gasteiger partial charge < -0.3 is 9.80 Å². The summed E-state index contributed by atoms with van der Waals surface area (Å²) in [4.78, 5) is 15.8. The van der Waals surface area contributed by atoms with Crippen LogP contribution in [0.1, 0.15) is 24.3 Å². The molecule has 1 unspecified atom stereocenters. The third kappa shape index (κ3) is 3.12. The van der Waals surface area contributed by atoms with Gasteiger partial charge in [0.1, 0.15) is 0 Å². The molecular formula is C18H22BN3O. The number of piperidine rings is 1. The number of benzene rings is 1. The van der Waals surface area contributed by atoms with Crippen molar-refractivity contribution in [1.82, 2.24) is 4.90 Å². The van der Waals surface area contributed by atoms with E-state index in [4.69, 9.17) is 5.26 Å². The van der Waals surface area contributed by atoms with Crippen LogP contribution in [0.15, 0.2) is 36.5 Å². The van der Waals surface area contributed by atoms with Gasteiger partial charge >= 0.3 is 0 Å². The molecule has 1 aromatic carbocycles. The van der Waals surface area contributed by atoms with Crippen molar-refractivity contribution in [2.45, 2.75) is 31.4 Å². The van der Waals surface area contributed by atoms with E-state index in [1.54, 1.807) is 4.90 Å². The molecule has 1 aromatic rings. The lowest BCUT2D eigenvalue weighted by Crippen LogP contribution is -2.36. The molecule has 2 heterocycles. The first-order valence-corrected chi connectivity index (χ1v) is 8.30. The molecule has 0 saturated carbocycles. The first-order chi connectivity index (χ1) is 11.1. The molecule has 23 heavy (non-hydrogen) atoms. The lowest BCUT2D eigenvalue weighted by atomic mass is 9.45. The minimum absolute atomic E-state index is 0.156. The van der Waals surface area contributed by atoms with E-state index in [-0.39, 0.29) is 18.5 Å². The Hall–Kier alpha value is -2.22. The van der Waals surface area contributed by atoms with Crippen molar-refractivity contribution in [1.29, 1.82) is 5.26 Å². The Labute approximate surface area is 138 Å². The van der Waals surface area contributed by atoms with E-state index in [0.717, 1.165) is 37.8 Å². The molecule has 0 N–H and O–H groups in total. The van der Waals surface area contributed by atoms with Crippen LogP contribution in [0.25, 0.3) is 0 Å². The minimum Gasteiger partial charge on any atom is -0.373 e. The molecular weight excluding hydrogens is 285 g/mol. The van der Waals surface area contributed by atoms with E-state index in [1.807, 2.05) is 7.05 Å². The molecule has 0 spiro atoms. The summed E-state index contributed by atoms with van der Waals surface area (Å²) in [5.74, 6) is 2.76. The van der Waals surface area contributed by atoms with Gasteiger partial charge in [-0.3, -0.25) is 4.79 Å². The van der Waals surface area contributed by atoms with E-state index in [0.29, 0.717) is 6.42 Å². The molecule has 4 nitrogen and oxygen atoms in total. The van der Waals surface area contributed by atoms with Crippen LogP contribution in [0.5, 0.6) is 0 Å². The molecule has 0 aromatic heterocycles. The second-order valence-electron chi connectivity index (χ2n) is 6.52. The lowest BCUT2D eigenvalue weighted by Gasteiger charge is -2.33. The zero-order chi connectivity index (χ0) is 16.4. The van der Waals surface area contributed by atoms with Crippen molar-refractivity contribution < 1.29 is 4.79 Å². The SMILES string of the molecule is C=C1C(c2ccc(N3CCB(C#N)CC3)cc2)CCC(=O)N1C. The number of rotatable bonds is 2. The molecule has 1 atom stereocenters. The van der Waals surface area contributed by atoms with Crippen LogP contribution in [-0.4, -0.2) is 37.7 Å². The van der Waals surface area contributed by atoms with E-state index in [2.05, 4.69) is 41.7 Å². The van der Waals surface area contributed by atoms with Gasteiger partial charge in [-0.1, -0.05) is 18.7 Å². The Morgan fingerprint density at radius 3 is 2.52 bits per heavy atom. The third-order valence-corrected chi connectivity index (χ3v) is 5.19. The average molecular weight is 307 g/mol. The number of amides is 1. The largest absolute Gasteiger partial charge is 0.373 e. The maximum absolute atomic E-state index is 11.7. The number of carbonyl (C=O) groups is 1. The van der Waals surface area contributed by atoms with E-state index >= 15 is 0 Å². The molecule has 0 bridgehead atoms. The molecule has 2 aliphatic rings. The van der Waals surface area contributed by atoms with Gasteiger partial charge in [-0.15, -0.1) is 0 Å². The van der Waals surface area contributed by atoms with Gasteiger partial charge in [0.15, 0.2) is 0 Å². The molecule has 5 heteroatoms. The highest BCUT2D eigenvalue weighted by Gasteiger charge is 2.28. The summed E-state index contributed by atoms with van der Waals surface area (Å²) in [5, 5.41) is 8.99. The first-order valence-electron chi connectivity index (χ1n) is 8.30. The predicted octanol–water partition coefficient (Wildman–Crippen LogP) is 2.91. The predicted molar refractivity (Wildman–Crippen MR) is 93.5 cm³/mol. The van der Waals surface area contributed by atoms with Crippen molar-refractivity contribution in [3.63, 3.8) is 0 Å². The highest BCUT2D eigenvalue weighted by molar-refractivity contribution is 6.67. The van der Waals surface area contributed by atoms with Gasteiger partial charge in [-0.2, -0.15) is 0 Å². The summed E-state index contributed by atoms with van der Waals surface area (Å²) in [6, 6.07) is 8.63. The van der Waals surface area contributed by atoms with Crippen molar-refractivity contribution in [3.8, 4) is 5.97 Å². The fourth-order valence-electron chi connectivity index (χ4n) is 3.54. The number of nitriles is 1. The summed E-state index contributed by atoms with van der Waals surface area (Å²) >= 11 is 0. The fourth-order valence-corrected chi connectivity index (χ4v) is 3.54. The Morgan fingerprint density at radius 1 is 1.26 bits per heavy atom. The number of likely N-dealkylation sites (N-methyl/N-ethyl adjacent to an activating group) is 1. The van der Waals surface area contributed by atoms with Crippen molar-refractivity contribution in [3.05, 3.63) is 42.1 Å². The normalized spacial score (nSPS) is 22.3. The molecule has 0 radical (unpaired) electrons. The minimum atomic E-state index is 0.156. The Balaban J connectivity index is 1.69. The Kier molecular flexibility index (Phi) is 4.43. The number of hydrogen-bond donors (Lipinski definition) is 0. The zero-order valence-electron chi connectivity index (χ0n) is 13.7. The number of hydrogen-bond acceptors (Lipinski definition) is 3. The van der Waals surface area contributed by atoms with Gasteiger partial charge in [0.25, 0.3) is 6.71 Å². The number of nitrogens with zero attached hydrogens (tertiary/aromatic N) is 3. The smallest absolute Gasteiger partial charge is 0.271 e. The van der Waals surface area contributed by atoms with E-state index in [1.165, 1.54) is 11.3 Å². The standard InChI is InChI=1S/C18H22BN3O/c1-14-17(7-8-18(23)21(14)2)15-3-5-16(6-4-15)22-11-9-19(13-20)10-12-22/h3-6,17H,1,7-12H2,2H3. The maximum Gasteiger partial charge on any atom is 0.271 e. The fraction of sp³-hybridized carbons (Fsp3) is 0.444. The Morgan fingerprint density at radius 2 is 1.91 bits per heavy atom. The lowest BCUT2D eigenvalue weighted by molar-refractivity contribution is -0.129. The van der Waals surface area contributed by atoms with Crippen molar-refractivity contribution in [2.75, 3.05) is 25.0 Å². The third-order valence-electron chi connectivity index (χ3n) is 5.19. The van der Waals surface area contributed by atoms with Gasteiger partial charge in [0, 0.05) is 49.8 Å². The number of carbonyl (C=O) groups excluding carboxylic acids is 1.